The van der Waals surface area contributed by atoms with E-state index in [4.69, 9.17) is 0 Å². The molecule has 2 heterocycles. The van der Waals surface area contributed by atoms with Crippen molar-refractivity contribution < 1.29 is 0 Å². The van der Waals surface area contributed by atoms with Gasteiger partial charge in [-0.1, -0.05) is 178 Å². The van der Waals surface area contributed by atoms with Gasteiger partial charge in [-0.05, 0) is 137 Å². The standard InChI is InChI=1S/C54H40Si2/c1-55(2)49-24-14-13-19-39(49)46-29-33(25-27-50(46)55)53-40-20-9-11-22-42(40)54(43-23-12-10-21-41(43)53)34-26-28-51-47(30-34)48-31-44-37-17-7-5-15-35(37)36-16-6-8-18-38(36)45(44)32-52(48)56(51,3)4/h5-32H,1-4H3. The summed E-state index contributed by atoms with van der Waals surface area (Å²) in [5.74, 6) is 0. The van der Waals surface area contributed by atoms with Crippen molar-refractivity contribution >= 4 is 90.8 Å². The summed E-state index contributed by atoms with van der Waals surface area (Å²) in [6, 6.07) is 65.3. The van der Waals surface area contributed by atoms with Crippen LogP contribution >= 0.6 is 0 Å². The average Bonchev–Trinajstić information content (AvgIpc) is 3.60. The minimum absolute atomic E-state index is 1.29. The van der Waals surface area contributed by atoms with Crippen LogP contribution in [0.15, 0.2) is 170 Å². The van der Waals surface area contributed by atoms with Gasteiger partial charge < -0.3 is 0 Å². The Balaban J connectivity index is 1.11. The summed E-state index contributed by atoms with van der Waals surface area (Å²) in [4.78, 5) is 0. The molecule has 0 radical (unpaired) electrons. The van der Waals surface area contributed by atoms with Gasteiger partial charge in [-0.2, -0.15) is 0 Å². The van der Waals surface area contributed by atoms with Crippen molar-refractivity contribution in [3.63, 3.8) is 0 Å². The van der Waals surface area contributed by atoms with Gasteiger partial charge in [-0.25, -0.2) is 0 Å². The number of hydrogen-bond acceptors (Lipinski definition) is 0. The van der Waals surface area contributed by atoms with Gasteiger partial charge >= 0.3 is 0 Å². The second-order valence-corrected chi connectivity index (χ2v) is 25.8. The van der Waals surface area contributed by atoms with Gasteiger partial charge in [0.2, 0.25) is 0 Å². The van der Waals surface area contributed by atoms with Crippen LogP contribution in [0.4, 0.5) is 0 Å². The molecule has 0 atom stereocenters. The fourth-order valence-electron chi connectivity index (χ4n) is 10.9. The van der Waals surface area contributed by atoms with Gasteiger partial charge in [0.05, 0.1) is 0 Å². The lowest BCUT2D eigenvalue weighted by Gasteiger charge is -2.21. The molecule has 56 heavy (non-hydrogen) atoms. The Morgan fingerprint density at radius 2 is 0.589 bits per heavy atom. The van der Waals surface area contributed by atoms with Crippen LogP contribution in [-0.4, -0.2) is 16.1 Å². The average molecular weight is 745 g/mol. The first-order chi connectivity index (χ1) is 27.3. The molecule has 0 unspecified atom stereocenters. The first-order valence-electron chi connectivity index (χ1n) is 20.0. The van der Waals surface area contributed by atoms with Gasteiger partial charge in [0.15, 0.2) is 0 Å². The third kappa shape index (κ3) is 4.18. The highest BCUT2D eigenvalue weighted by molar-refractivity contribution is 7.04. The Kier molecular flexibility index (Phi) is 6.47. The molecule has 12 rings (SSSR count). The maximum absolute atomic E-state index is 2.57. The maximum Gasteiger partial charge on any atom is 0.113 e. The van der Waals surface area contributed by atoms with Crippen molar-refractivity contribution in [1.82, 2.24) is 0 Å². The van der Waals surface area contributed by atoms with E-state index in [2.05, 4.69) is 196 Å². The zero-order valence-electron chi connectivity index (χ0n) is 32.2. The second kappa shape index (κ2) is 11.3. The summed E-state index contributed by atoms with van der Waals surface area (Å²) < 4.78 is 0. The SMILES string of the molecule is C[Si]1(C)c2ccccc2-c2cc(-c3c4ccccc4c(-c4ccc5c(c4)-c4cc6c7ccccc7c7ccccc7c6cc4[Si]5(C)C)c4ccccc34)ccc21. The summed E-state index contributed by atoms with van der Waals surface area (Å²) >= 11 is 0. The first-order valence-corrected chi connectivity index (χ1v) is 26.0. The number of rotatable bonds is 2. The molecule has 0 aliphatic carbocycles. The second-order valence-electron chi connectivity index (χ2n) is 17.2. The quantitative estimate of drug-likeness (QED) is 0.0939. The van der Waals surface area contributed by atoms with Gasteiger partial charge in [0.1, 0.15) is 16.1 Å². The molecule has 10 aromatic carbocycles. The highest BCUT2D eigenvalue weighted by atomic mass is 28.3. The molecular formula is C54H40Si2. The predicted molar refractivity (Wildman–Crippen MR) is 249 cm³/mol. The number of fused-ring (bicyclic) bond motifs is 14. The molecule has 2 aliphatic rings. The van der Waals surface area contributed by atoms with E-state index in [9.17, 15) is 0 Å². The summed E-state index contributed by atoms with van der Waals surface area (Å²) in [7, 11) is -3.73. The van der Waals surface area contributed by atoms with Crippen LogP contribution < -0.4 is 20.7 Å². The summed E-state index contributed by atoms with van der Waals surface area (Å²) in [6.07, 6.45) is 0. The Morgan fingerprint density at radius 3 is 1.09 bits per heavy atom. The smallest absolute Gasteiger partial charge is 0.0623 e. The van der Waals surface area contributed by atoms with Crippen LogP contribution in [0, 0.1) is 0 Å². The molecule has 0 amide bonds. The van der Waals surface area contributed by atoms with E-state index >= 15 is 0 Å². The molecule has 10 aromatic rings. The molecule has 0 aromatic heterocycles. The third-order valence-electron chi connectivity index (χ3n) is 13.6. The Hall–Kier alpha value is -6.07. The molecule has 264 valence electrons. The van der Waals surface area contributed by atoms with Crippen LogP contribution in [0.2, 0.25) is 26.2 Å². The Labute approximate surface area is 329 Å². The lowest BCUT2D eigenvalue weighted by atomic mass is 9.85. The first kappa shape index (κ1) is 32.2. The van der Waals surface area contributed by atoms with Gasteiger partial charge in [-0.3, -0.25) is 0 Å². The number of benzene rings is 10. The van der Waals surface area contributed by atoms with Crippen molar-refractivity contribution in [2.75, 3.05) is 0 Å². The van der Waals surface area contributed by atoms with Crippen LogP contribution in [0.3, 0.4) is 0 Å². The minimum Gasteiger partial charge on any atom is -0.0623 e. The molecule has 0 bridgehead atoms. The molecule has 0 nitrogen and oxygen atoms in total. The van der Waals surface area contributed by atoms with Crippen molar-refractivity contribution in [3.05, 3.63) is 170 Å². The van der Waals surface area contributed by atoms with Crippen molar-refractivity contribution in [2.24, 2.45) is 0 Å². The largest absolute Gasteiger partial charge is 0.113 e. The lowest BCUT2D eigenvalue weighted by molar-refractivity contribution is 1.66. The van der Waals surface area contributed by atoms with E-state index in [1.54, 1.807) is 15.6 Å². The van der Waals surface area contributed by atoms with Crippen molar-refractivity contribution in [1.29, 1.82) is 0 Å². The van der Waals surface area contributed by atoms with E-state index in [-0.39, 0.29) is 0 Å². The zero-order valence-corrected chi connectivity index (χ0v) is 34.2. The van der Waals surface area contributed by atoms with Crippen LogP contribution in [0.5, 0.6) is 0 Å². The topological polar surface area (TPSA) is 0 Å². The number of hydrogen-bond donors (Lipinski definition) is 0. The van der Waals surface area contributed by atoms with Crippen molar-refractivity contribution in [2.45, 2.75) is 26.2 Å². The normalized spacial score (nSPS) is 14.7. The maximum atomic E-state index is 2.57. The van der Waals surface area contributed by atoms with E-state index in [1.807, 2.05) is 0 Å². The van der Waals surface area contributed by atoms with Crippen LogP contribution in [0.1, 0.15) is 0 Å². The third-order valence-corrected chi connectivity index (χ3v) is 20.7. The van der Waals surface area contributed by atoms with Crippen molar-refractivity contribution in [3.8, 4) is 44.5 Å². The Morgan fingerprint density at radius 1 is 0.250 bits per heavy atom. The molecular weight excluding hydrogens is 705 g/mol. The zero-order chi connectivity index (χ0) is 37.5. The molecule has 2 heteroatoms. The van der Waals surface area contributed by atoms with E-state index in [1.165, 1.54) is 104 Å². The van der Waals surface area contributed by atoms with Crippen LogP contribution in [0.25, 0.3) is 98.4 Å². The molecule has 0 fully saturated rings. The summed E-state index contributed by atoms with van der Waals surface area (Å²) in [5, 5.41) is 19.5. The van der Waals surface area contributed by atoms with E-state index < -0.39 is 16.1 Å². The van der Waals surface area contributed by atoms with Gasteiger partial charge in [0, 0.05) is 0 Å². The fraction of sp³-hybridized carbons (Fsp3) is 0.0741. The highest BCUT2D eigenvalue weighted by Crippen LogP contribution is 2.46. The molecule has 0 saturated heterocycles. The van der Waals surface area contributed by atoms with E-state index in [0.29, 0.717) is 0 Å². The highest BCUT2D eigenvalue weighted by Gasteiger charge is 2.39. The monoisotopic (exact) mass is 744 g/mol. The van der Waals surface area contributed by atoms with E-state index in [0.717, 1.165) is 0 Å². The van der Waals surface area contributed by atoms with Gasteiger partial charge in [-0.15, -0.1) is 0 Å². The summed E-state index contributed by atoms with van der Waals surface area (Å²) in [6.45, 7) is 10.1. The molecule has 0 spiro atoms. The molecule has 0 N–H and O–H groups in total. The Bertz CT molecular complexity index is 3310. The summed E-state index contributed by atoms with van der Waals surface area (Å²) in [5.41, 5.74) is 10.9. The van der Waals surface area contributed by atoms with Crippen LogP contribution in [-0.2, 0) is 0 Å². The lowest BCUT2D eigenvalue weighted by Crippen LogP contribution is -2.49. The predicted octanol–water partition coefficient (Wildman–Crippen LogP) is 12.4. The van der Waals surface area contributed by atoms with Gasteiger partial charge in [0.25, 0.3) is 0 Å². The molecule has 0 saturated carbocycles. The minimum atomic E-state index is -1.98. The fourth-order valence-corrected chi connectivity index (χ4v) is 17.1. The molecule has 2 aliphatic heterocycles.